The number of carbonyl (C=O) groups is 2. The number of hydrogen-bond donors (Lipinski definition) is 1. The van der Waals surface area contributed by atoms with Crippen molar-refractivity contribution in [3.63, 3.8) is 0 Å². The summed E-state index contributed by atoms with van der Waals surface area (Å²) in [7, 11) is 4.64. The van der Waals surface area contributed by atoms with Crippen molar-refractivity contribution in [2.75, 3.05) is 21.3 Å². The fourth-order valence-electron chi connectivity index (χ4n) is 2.18. The van der Waals surface area contributed by atoms with Crippen LogP contribution in [0.1, 0.15) is 12.0 Å². The topological polar surface area (TPSA) is 67.9 Å². The molecule has 21 heavy (non-hydrogen) atoms. The lowest BCUT2D eigenvalue weighted by Gasteiger charge is -2.14. The van der Waals surface area contributed by atoms with Crippen LogP contribution in [0.3, 0.4) is 0 Å². The summed E-state index contributed by atoms with van der Waals surface area (Å²) in [5.41, 5.74) is 0.919. The van der Waals surface area contributed by atoms with Gasteiger partial charge in [0.1, 0.15) is 0 Å². The molecule has 0 bridgehead atoms. The summed E-state index contributed by atoms with van der Waals surface area (Å²) in [6.07, 6.45) is 0.195. The Kier molecular flexibility index (Phi) is 4.84. The van der Waals surface area contributed by atoms with Gasteiger partial charge in [0, 0.05) is 18.1 Å². The summed E-state index contributed by atoms with van der Waals surface area (Å²) in [6, 6.07) is 3.17. The zero-order valence-corrected chi connectivity index (χ0v) is 13.7. The maximum absolute atomic E-state index is 11.8. The Morgan fingerprint density at radius 3 is 2.43 bits per heavy atom. The predicted octanol–water partition coefficient (Wildman–Crippen LogP) is 1.31. The molecule has 1 aromatic rings. The number of benzene rings is 1. The van der Waals surface area contributed by atoms with E-state index in [2.05, 4.69) is 21.2 Å². The Morgan fingerprint density at radius 2 is 1.90 bits per heavy atom. The van der Waals surface area contributed by atoms with Crippen LogP contribution < -0.4 is 14.8 Å². The van der Waals surface area contributed by atoms with Crippen LogP contribution in [0.15, 0.2) is 16.6 Å². The van der Waals surface area contributed by atoms with Crippen LogP contribution in [0.25, 0.3) is 0 Å². The van der Waals surface area contributed by atoms with Gasteiger partial charge >= 0.3 is 0 Å². The second-order valence-corrected chi connectivity index (χ2v) is 5.58. The molecule has 0 aliphatic carbocycles. The van der Waals surface area contributed by atoms with Gasteiger partial charge < -0.3 is 14.8 Å². The maximum Gasteiger partial charge on any atom is 0.246 e. The van der Waals surface area contributed by atoms with E-state index in [1.807, 2.05) is 12.1 Å². The molecule has 1 aliphatic heterocycles. The molecule has 1 fully saturated rings. The molecule has 1 aromatic carbocycles. The minimum atomic E-state index is -0.470. The smallest absolute Gasteiger partial charge is 0.246 e. The molecular formula is C14H17BrN2O4. The van der Waals surface area contributed by atoms with E-state index in [0.717, 1.165) is 14.9 Å². The van der Waals surface area contributed by atoms with Crippen LogP contribution in [0.2, 0.25) is 0 Å². The summed E-state index contributed by atoms with van der Waals surface area (Å²) in [6.45, 7) is 0.443. The van der Waals surface area contributed by atoms with E-state index in [1.54, 1.807) is 14.2 Å². The first-order valence-corrected chi connectivity index (χ1v) is 7.21. The van der Waals surface area contributed by atoms with Gasteiger partial charge in [0.25, 0.3) is 0 Å². The summed E-state index contributed by atoms with van der Waals surface area (Å²) in [5.74, 6) is 0.879. The lowest BCUT2D eigenvalue weighted by Crippen LogP contribution is -2.36. The second kappa shape index (κ2) is 6.44. The molecule has 1 saturated heterocycles. The average molecular weight is 357 g/mol. The number of nitrogens with one attached hydrogen (secondary N) is 1. The molecule has 114 valence electrons. The minimum Gasteiger partial charge on any atom is -0.493 e. The number of halogens is 1. The SMILES string of the molecule is COc1cc(Br)c(CNC2CC(=O)N(C)C2=O)cc1OC. The Morgan fingerprint density at radius 1 is 1.29 bits per heavy atom. The number of likely N-dealkylation sites (tertiary alicyclic amines) is 1. The van der Waals surface area contributed by atoms with Crippen molar-refractivity contribution in [2.45, 2.75) is 19.0 Å². The van der Waals surface area contributed by atoms with Crippen molar-refractivity contribution in [1.82, 2.24) is 10.2 Å². The molecule has 0 radical (unpaired) electrons. The minimum absolute atomic E-state index is 0.163. The molecular weight excluding hydrogens is 340 g/mol. The van der Waals surface area contributed by atoms with Crippen LogP contribution in [0.4, 0.5) is 0 Å². The summed E-state index contributed by atoms with van der Waals surface area (Å²) >= 11 is 3.46. The maximum atomic E-state index is 11.8. The lowest BCUT2D eigenvalue weighted by atomic mass is 10.1. The van der Waals surface area contributed by atoms with Crippen LogP contribution in [-0.2, 0) is 16.1 Å². The van der Waals surface area contributed by atoms with Gasteiger partial charge in [-0.2, -0.15) is 0 Å². The van der Waals surface area contributed by atoms with Gasteiger partial charge in [-0.25, -0.2) is 0 Å². The number of ether oxygens (including phenoxy) is 2. The molecule has 1 atom stereocenters. The number of carbonyl (C=O) groups excluding carboxylic acids is 2. The first kappa shape index (κ1) is 15.8. The summed E-state index contributed by atoms with van der Waals surface area (Å²) in [5, 5.41) is 3.10. The molecule has 0 aromatic heterocycles. The van der Waals surface area contributed by atoms with Crippen molar-refractivity contribution in [3.05, 3.63) is 22.2 Å². The number of nitrogens with zero attached hydrogens (tertiary/aromatic N) is 1. The molecule has 6 nitrogen and oxygen atoms in total. The molecule has 2 rings (SSSR count). The highest BCUT2D eigenvalue weighted by atomic mass is 79.9. The quantitative estimate of drug-likeness (QED) is 0.805. The highest BCUT2D eigenvalue weighted by Gasteiger charge is 2.35. The first-order chi connectivity index (χ1) is 9.97. The number of likely N-dealkylation sites (N-methyl/N-ethyl adjacent to an activating group) is 1. The second-order valence-electron chi connectivity index (χ2n) is 4.73. The number of amides is 2. The van der Waals surface area contributed by atoms with Gasteiger partial charge in [0.15, 0.2) is 11.5 Å². The third-order valence-corrected chi connectivity index (χ3v) is 4.21. The van der Waals surface area contributed by atoms with Crippen molar-refractivity contribution in [1.29, 1.82) is 0 Å². The number of imide groups is 1. The van der Waals surface area contributed by atoms with Crippen molar-refractivity contribution in [3.8, 4) is 11.5 Å². The van der Waals surface area contributed by atoms with Crippen molar-refractivity contribution < 1.29 is 19.1 Å². The van der Waals surface area contributed by atoms with Crippen molar-refractivity contribution in [2.24, 2.45) is 0 Å². The van der Waals surface area contributed by atoms with Gasteiger partial charge in [-0.05, 0) is 17.7 Å². The molecule has 2 amide bonds. The van der Waals surface area contributed by atoms with E-state index < -0.39 is 6.04 Å². The molecule has 1 unspecified atom stereocenters. The van der Waals surface area contributed by atoms with E-state index >= 15 is 0 Å². The van der Waals surface area contributed by atoms with Crippen LogP contribution in [0.5, 0.6) is 11.5 Å². The third kappa shape index (κ3) is 3.19. The van der Waals surface area contributed by atoms with Gasteiger partial charge in [0.05, 0.1) is 26.7 Å². The lowest BCUT2D eigenvalue weighted by molar-refractivity contribution is -0.137. The molecule has 0 saturated carbocycles. The van der Waals surface area contributed by atoms with Crippen LogP contribution in [0, 0.1) is 0 Å². The fraction of sp³-hybridized carbons (Fsp3) is 0.429. The van der Waals surface area contributed by atoms with Crippen molar-refractivity contribution >= 4 is 27.7 Å². The Hall–Kier alpha value is -1.60. The fourth-order valence-corrected chi connectivity index (χ4v) is 2.64. The van der Waals surface area contributed by atoms with E-state index in [-0.39, 0.29) is 18.2 Å². The Labute approximate surface area is 131 Å². The van der Waals surface area contributed by atoms with E-state index in [9.17, 15) is 9.59 Å². The number of hydrogen-bond acceptors (Lipinski definition) is 5. The average Bonchev–Trinajstić information content (AvgIpc) is 2.72. The number of rotatable bonds is 5. The Bertz CT molecular complexity index is 576. The monoisotopic (exact) mass is 356 g/mol. The largest absolute Gasteiger partial charge is 0.493 e. The normalized spacial score (nSPS) is 18.3. The van der Waals surface area contributed by atoms with Gasteiger partial charge in [0.2, 0.25) is 11.8 Å². The molecule has 1 heterocycles. The van der Waals surface area contributed by atoms with Gasteiger partial charge in [-0.15, -0.1) is 0 Å². The summed E-state index contributed by atoms with van der Waals surface area (Å²) < 4.78 is 11.3. The number of methoxy groups -OCH3 is 2. The van der Waals surface area contributed by atoms with Crippen LogP contribution in [-0.4, -0.2) is 44.0 Å². The first-order valence-electron chi connectivity index (χ1n) is 6.42. The molecule has 7 heteroatoms. The third-order valence-electron chi connectivity index (χ3n) is 3.47. The molecule has 1 aliphatic rings. The van der Waals surface area contributed by atoms with Crippen LogP contribution >= 0.6 is 15.9 Å². The predicted molar refractivity (Wildman–Crippen MR) is 80.3 cm³/mol. The zero-order chi connectivity index (χ0) is 15.6. The molecule has 1 N–H and O–H groups in total. The van der Waals surface area contributed by atoms with Gasteiger partial charge in [-0.1, -0.05) is 15.9 Å². The van der Waals surface area contributed by atoms with E-state index in [4.69, 9.17) is 9.47 Å². The van der Waals surface area contributed by atoms with Gasteiger partial charge in [-0.3, -0.25) is 14.5 Å². The molecule has 0 spiro atoms. The van der Waals surface area contributed by atoms with E-state index in [0.29, 0.717) is 18.0 Å². The summed E-state index contributed by atoms with van der Waals surface area (Å²) in [4.78, 5) is 24.5. The highest BCUT2D eigenvalue weighted by Crippen LogP contribution is 2.33. The highest BCUT2D eigenvalue weighted by molar-refractivity contribution is 9.10. The Balaban J connectivity index is 2.10. The van der Waals surface area contributed by atoms with E-state index in [1.165, 1.54) is 7.05 Å². The standard InChI is InChI=1S/C14H17BrN2O4/c1-17-13(18)6-10(14(17)19)16-7-8-4-11(20-2)12(21-3)5-9(8)15/h4-5,10,16H,6-7H2,1-3H3. The zero-order valence-electron chi connectivity index (χ0n) is 12.1.